The van der Waals surface area contributed by atoms with E-state index in [1.807, 2.05) is 19.1 Å². The molecule has 0 bridgehead atoms. The van der Waals surface area contributed by atoms with Gasteiger partial charge in [0.15, 0.2) is 0 Å². The van der Waals surface area contributed by atoms with Crippen molar-refractivity contribution in [2.24, 2.45) is 0 Å². The summed E-state index contributed by atoms with van der Waals surface area (Å²) in [5.41, 5.74) is 2.39. The molecular formula is C10H12S2. The second-order valence-corrected chi connectivity index (χ2v) is 3.59. The number of thiol groups is 2. The highest BCUT2D eigenvalue weighted by Crippen LogP contribution is 2.26. The monoisotopic (exact) mass is 196 g/mol. The normalized spacial score (nSPS) is 11.0. The van der Waals surface area contributed by atoms with Crippen molar-refractivity contribution in [2.75, 3.05) is 0 Å². The zero-order valence-corrected chi connectivity index (χ0v) is 8.99. The molecule has 0 fully saturated rings. The van der Waals surface area contributed by atoms with Crippen molar-refractivity contribution >= 4 is 31.3 Å². The molecule has 2 heteroatoms. The van der Waals surface area contributed by atoms with Crippen LogP contribution in [0.5, 0.6) is 0 Å². The van der Waals surface area contributed by atoms with Gasteiger partial charge in [0.25, 0.3) is 0 Å². The lowest BCUT2D eigenvalue weighted by Gasteiger charge is -2.06. The first kappa shape index (κ1) is 9.75. The van der Waals surface area contributed by atoms with E-state index >= 15 is 0 Å². The number of hydrogen-bond donors (Lipinski definition) is 2. The molecule has 0 spiro atoms. The smallest absolute Gasteiger partial charge is 0.0249 e. The number of allylic oxidation sites excluding steroid dienone is 1. The van der Waals surface area contributed by atoms with Crippen molar-refractivity contribution in [1.82, 2.24) is 0 Å². The van der Waals surface area contributed by atoms with Gasteiger partial charge in [-0.15, -0.1) is 25.3 Å². The third-order valence-corrected chi connectivity index (χ3v) is 2.78. The van der Waals surface area contributed by atoms with Crippen LogP contribution in [-0.2, 0) is 0 Å². The Labute approximate surface area is 84.5 Å². The van der Waals surface area contributed by atoms with Gasteiger partial charge in [0.05, 0.1) is 0 Å². The summed E-state index contributed by atoms with van der Waals surface area (Å²) in [5, 5.41) is 0. The predicted molar refractivity (Wildman–Crippen MR) is 60.4 cm³/mol. The highest BCUT2D eigenvalue weighted by molar-refractivity contribution is 7.83. The molecule has 64 valence electrons. The molecular weight excluding hydrogens is 184 g/mol. The second kappa shape index (κ2) is 4.06. The first-order chi connectivity index (χ1) is 5.66. The van der Waals surface area contributed by atoms with E-state index in [0.29, 0.717) is 0 Å². The Balaban J connectivity index is 3.32. The molecule has 12 heavy (non-hydrogen) atoms. The molecule has 0 atom stereocenters. The third kappa shape index (κ3) is 1.87. The summed E-state index contributed by atoms with van der Waals surface area (Å²) >= 11 is 8.68. The van der Waals surface area contributed by atoms with Crippen molar-refractivity contribution in [3.8, 4) is 0 Å². The zero-order chi connectivity index (χ0) is 9.14. The van der Waals surface area contributed by atoms with E-state index in [1.54, 1.807) is 0 Å². The van der Waals surface area contributed by atoms with Crippen LogP contribution in [0.15, 0.2) is 28.0 Å². The van der Waals surface area contributed by atoms with Gasteiger partial charge in [-0.1, -0.05) is 18.2 Å². The average molecular weight is 196 g/mol. The minimum atomic E-state index is 0.928. The van der Waals surface area contributed by atoms with Crippen molar-refractivity contribution in [1.29, 1.82) is 0 Å². The van der Waals surface area contributed by atoms with Crippen LogP contribution in [0.2, 0.25) is 0 Å². The van der Waals surface area contributed by atoms with E-state index < -0.39 is 0 Å². The average Bonchev–Trinajstić information content (AvgIpc) is 2.06. The lowest BCUT2D eigenvalue weighted by atomic mass is 10.1. The van der Waals surface area contributed by atoms with E-state index in [1.165, 1.54) is 5.56 Å². The highest BCUT2D eigenvalue weighted by Gasteiger charge is 2.01. The molecule has 0 saturated carbocycles. The van der Waals surface area contributed by atoms with Gasteiger partial charge in [-0.25, -0.2) is 0 Å². The van der Waals surface area contributed by atoms with E-state index in [9.17, 15) is 0 Å². The van der Waals surface area contributed by atoms with E-state index in [4.69, 9.17) is 0 Å². The zero-order valence-electron chi connectivity index (χ0n) is 7.20. The molecule has 0 N–H and O–H groups in total. The maximum atomic E-state index is 4.39. The Morgan fingerprint density at radius 3 is 2.50 bits per heavy atom. The Bertz CT molecular complexity index is 314. The van der Waals surface area contributed by atoms with Gasteiger partial charge in [0, 0.05) is 9.79 Å². The van der Waals surface area contributed by atoms with Crippen LogP contribution < -0.4 is 0 Å². The van der Waals surface area contributed by atoms with Crippen LogP contribution in [-0.4, -0.2) is 0 Å². The van der Waals surface area contributed by atoms with Gasteiger partial charge in [0.1, 0.15) is 0 Å². The van der Waals surface area contributed by atoms with Gasteiger partial charge in [-0.2, -0.15) is 0 Å². The molecule has 0 aliphatic carbocycles. The Morgan fingerprint density at radius 1 is 1.25 bits per heavy atom. The first-order valence-electron chi connectivity index (χ1n) is 3.81. The fraction of sp³-hybridized carbons (Fsp3) is 0.200. The predicted octanol–water partition coefficient (Wildman–Crippen LogP) is 3.61. The first-order valence-corrected chi connectivity index (χ1v) is 4.70. The molecule has 0 amide bonds. The number of rotatable bonds is 1. The topological polar surface area (TPSA) is 0 Å². The highest BCUT2D eigenvalue weighted by atomic mass is 32.1. The SMILES string of the molecule is C/C=C\c1c(C)ccc(S)c1S. The molecule has 0 heterocycles. The van der Waals surface area contributed by atoms with Crippen molar-refractivity contribution in [2.45, 2.75) is 23.6 Å². The van der Waals surface area contributed by atoms with E-state index in [-0.39, 0.29) is 0 Å². The van der Waals surface area contributed by atoms with Gasteiger partial charge >= 0.3 is 0 Å². The summed E-state index contributed by atoms with van der Waals surface area (Å²) in [4.78, 5) is 1.88. The summed E-state index contributed by atoms with van der Waals surface area (Å²) in [5.74, 6) is 0. The summed E-state index contributed by atoms with van der Waals surface area (Å²) in [6.07, 6.45) is 4.06. The molecule has 1 aromatic rings. The summed E-state index contributed by atoms with van der Waals surface area (Å²) in [6, 6.07) is 4.02. The third-order valence-electron chi connectivity index (χ3n) is 1.75. The fourth-order valence-electron chi connectivity index (χ4n) is 1.07. The Morgan fingerprint density at radius 2 is 1.92 bits per heavy atom. The van der Waals surface area contributed by atoms with Crippen LogP contribution >= 0.6 is 25.3 Å². The van der Waals surface area contributed by atoms with Crippen LogP contribution in [0.3, 0.4) is 0 Å². The molecule has 0 aliphatic heterocycles. The standard InChI is InChI=1S/C10H12S2/c1-3-4-8-7(2)5-6-9(11)10(8)12/h3-6,11-12H,1-2H3/b4-3-. The van der Waals surface area contributed by atoms with Gasteiger partial charge in [0.2, 0.25) is 0 Å². The molecule has 0 radical (unpaired) electrons. The van der Waals surface area contributed by atoms with Crippen molar-refractivity contribution in [3.05, 3.63) is 29.3 Å². The van der Waals surface area contributed by atoms with Crippen LogP contribution in [0.1, 0.15) is 18.1 Å². The van der Waals surface area contributed by atoms with E-state index in [0.717, 1.165) is 15.4 Å². The minimum absolute atomic E-state index is 0.928. The molecule has 1 rings (SSSR count). The largest absolute Gasteiger partial charge is 0.142 e. The minimum Gasteiger partial charge on any atom is -0.142 e. The molecule has 0 aromatic heterocycles. The Kier molecular flexibility index (Phi) is 3.29. The number of hydrogen-bond acceptors (Lipinski definition) is 2. The lowest BCUT2D eigenvalue weighted by molar-refractivity contribution is 1.20. The fourth-order valence-corrected chi connectivity index (χ4v) is 1.59. The van der Waals surface area contributed by atoms with Crippen molar-refractivity contribution < 1.29 is 0 Å². The molecule has 0 unspecified atom stereocenters. The van der Waals surface area contributed by atoms with Gasteiger partial charge in [-0.3, -0.25) is 0 Å². The lowest BCUT2D eigenvalue weighted by Crippen LogP contribution is -1.84. The van der Waals surface area contributed by atoms with Crippen LogP contribution in [0, 0.1) is 6.92 Å². The molecule has 0 saturated heterocycles. The summed E-state index contributed by atoms with van der Waals surface area (Å²) in [6.45, 7) is 4.07. The summed E-state index contributed by atoms with van der Waals surface area (Å²) < 4.78 is 0. The van der Waals surface area contributed by atoms with Gasteiger partial charge < -0.3 is 0 Å². The Hall–Kier alpha value is -0.340. The maximum Gasteiger partial charge on any atom is 0.0249 e. The van der Waals surface area contributed by atoms with Gasteiger partial charge in [-0.05, 0) is 31.0 Å². The second-order valence-electron chi connectivity index (χ2n) is 2.66. The molecule has 1 aromatic carbocycles. The van der Waals surface area contributed by atoms with E-state index in [2.05, 4.69) is 44.3 Å². The molecule has 0 aliphatic rings. The van der Waals surface area contributed by atoms with Crippen LogP contribution in [0.25, 0.3) is 6.08 Å². The number of aryl methyl sites for hydroxylation is 1. The number of benzene rings is 1. The quantitative estimate of drug-likeness (QED) is 0.630. The maximum absolute atomic E-state index is 4.39. The van der Waals surface area contributed by atoms with Crippen LogP contribution in [0.4, 0.5) is 0 Å². The summed E-state index contributed by atoms with van der Waals surface area (Å²) in [7, 11) is 0. The molecule has 0 nitrogen and oxygen atoms in total. The van der Waals surface area contributed by atoms with Crippen molar-refractivity contribution in [3.63, 3.8) is 0 Å².